The molecule has 1 fully saturated rings. The van der Waals surface area contributed by atoms with Gasteiger partial charge in [0.05, 0.1) is 6.54 Å². The molecule has 0 unspecified atom stereocenters. The molecule has 1 aliphatic heterocycles. The van der Waals surface area contributed by atoms with Crippen molar-refractivity contribution in [3.05, 3.63) is 65.2 Å². The van der Waals surface area contributed by atoms with Crippen LogP contribution in [0.5, 0.6) is 29.0 Å². The Kier molecular flexibility index (Phi) is 9.06. The molecule has 3 aromatic rings. The van der Waals surface area contributed by atoms with Crippen LogP contribution >= 0.6 is 0 Å². The number of nitrogens with zero attached hydrogens (tertiary/aromatic N) is 3. The number of carbonyl (C=O) groups is 2. The summed E-state index contributed by atoms with van der Waals surface area (Å²) >= 11 is 0. The Labute approximate surface area is 239 Å². The van der Waals surface area contributed by atoms with Gasteiger partial charge in [-0.15, -0.1) is 0 Å². The second-order valence-corrected chi connectivity index (χ2v) is 9.84. The quantitative estimate of drug-likeness (QED) is 0.175. The monoisotopic (exact) mass is 584 g/mol. The van der Waals surface area contributed by atoms with Gasteiger partial charge >= 0.3 is 5.97 Å². The van der Waals surface area contributed by atoms with Gasteiger partial charge in [-0.05, 0) is 49.2 Å². The van der Waals surface area contributed by atoms with Crippen molar-refractivity contribution in [3.63, 3.8) is 0 Å². The zero-order chi connectivity index (χ0) is 30.6. The number of hydrogen-bond acceptors (Lipinski definition) is 9. The van der Waals surface area contributed by atoms with E-state index in [-0.39, 0.29) is 40.9 Å². The van der Waals surface area contributed by atoms with Gasteiger partial charge in [-0.25, -0.2) is 0 Å². The fraction of sp³-hybridized carbons (Fsp3) is 0.286. The Morgan fingerprint density at radius 3 is 2.38 bits per heavy atom. The molecule has 14 heteroatoms. The van der Waals surface area contributed by atoms with Crippen LogP contribution in [0.1, 0.15) is 28.8 Å². The average molecular weight is 585 g/mol. The third-order valence-electron chi connectivity index (χ3n) is 6.49. The number of piperidine rings is 1. The highest BCUT2D eigenvalue weighted by Gasteiger charge is 2.28. The molecule has 0 spiro atoms. The normalized spacial score (nSPS) is 13.8. The van der Waals surface area contributed by atoms with Crippen molar-refractivity contribution < 1.29 is 38.1 Å². The number of anilines is 1. The van der Waals surface area contributed by atoms with Gasteiger partial charge in [-0.2, -0.15) is 13.8 Å². The molecule has 1 aromatic heterocycles. The zero-order valence-corrected chi connectivity index (χ0v) is 22.9. The number of phenols is 1. The Hall–Kier alpha value is -4.98. The maximum atomic E-state index is 15.8. The van der Waals surface area contributed by atoms with E-state index < -0.39 is 46.8 Å². The summed E-state index contributed by atoms with van der Waals surface area (Å²) in [6.07, 6.45) is 0.800. The van der Waals surface area contributed by atoms with Crippen LogP contribution < -0.4 is 20.5 Å². The van der Waals surface area contributed by atoms with Gasteiger partial charge in [0.25, 0.3) is 17.7 Å². The summed E-state index contributed by atoms with van der Waals surface area (Å²) in [6.45, 7) is 0.645. The number of ether oxygens (including phenoxy) is 2. The number of nitrogens with two attached hydrogens (primary N) is 1. The van der Waals surface area contributed by atoms with E-state index in [4.69, 9.17) is 25.7 Å². The fourth-order valence-corrected chi connectivity index (χ4v) is 4.32. The van der Waals surface area contributed by atoms with Gasteiger partial charge in [0.15, 0.2) is 11.5 Å². The number of benzene rings is 2. The first-order valence-electron chi connectivity index (χ1n) is 12.9. The van der Waals surface area contributed by atoms with Crippen molar-refractivity contribution in [2.75, 3.05) is 39.0 Å². The van der Waals surface area contributed by atoms with E-state index in [0.717, 1.165) is 0 Å². The van der Waals surface area contributed by atoms with E-state index in [0.29, 0.717) is 25.9 Å². The molecule has 2 aromatic carbocycles. The molecule has 1 amide bonds. The number of carboxylic acids is 1. The zero-order valence-electron chi connectivity index (χ0n) is 22.9. The van der Waals surface area contributed by atoms with Gasteiger partial charge in [0.1, 0.15) is 17.3 Å². The lowest BCUT2D eigenvalue weighted by atomic mass is 10.0. The number of pyridine rings is 1. The minimum absolute atomic E-state index is 0.0426. The number of carboxylic acid groups (broad SMARTS) is 1. The number of aromatic nitrogens is 1. The van der Waals surface area contributed by atoms with Crippen LogP contribution in [0, 0.1) is 17.0 Å². The Morgan fingerprint density at radius 2 is 1.76 bits per heavy atom. The summed E-state index contributed by atoms with van der Waals surface area (Å²) in [5.74, 6) is -6.08. The lowest BCUT2D eigenvalue weighted by Gasteiger charge is -2.32. The van der Waals surface area contributed by atoms with E-state index in [1.165, 1.54) is 41.3 Å². The summed E-state index contributed by atoms with van der Waals surface area (Å²) in [6, 6.07) is 9.25. The number of nitrogens with one attached hydrogen (secondary N) is 2. The van der Waals surface area contributed by atoms with Crippen LogP contribution in [0.15, 0.2) is 42.5 Å². The number of phenolic OH excluding ortho intramolecular Hbond substituents is 1. The predicted octanol–water partition coefficient (Wildman–Crippen LogP) is 3.60. The van der Waals surface area contributed by atoms with Crippen LogP contribution in [0.25, 0.3) is 0 Å². The SMILES string of the molecule is CN(C)C(=O)c1cccc(Oc2nc(Oc3cc(C(=N)N)ccc3O)c(F)c(NC3CCN(CC(=O)O)CC3)c2F)c1. The molecule has 0 radical (unpaired) electrons. The molecule has 2 heterocycles. The maximum Gasteiger partial charge on any atom is 0.317 e. The molecule has 0 bridgehead atoms. The lowest BCUT2D eigenvalue weighted by molar-refractivity contribution is -0.138. The second kappa shape index (κ2) is 12.7. The number of halogens is 2. The highest BCUT2D eigenvalue weighted by molar-refractivity contribution is 5.95. The van der Waals surface area contributed by atoms with Crippen LogP contribution in [0.2, 0.25) is 0 Å². The molecule has 12 nitrogen and oxygen atoms in total. The number of hydrogen-bond donors (Lipinski definition) is 5. The fourth-order valence-electron chi connectivity index (χ4n) is 4.32. The van der Waals surface area contributed by atoms with E-state index in [9.17, 15) is 14.7 Å². The number of nitrogen functional groups attached to an aromatic ring is 1. The van der Waals surface area contributed by atoms with E-state index in [1.54, 1.807) is 25.1 Å². The number of amides is 1. The van der Waals surface area contributed by atoms with Crippen molar-refractivity contribution in [1.29, 1.82) is 5.41 Å². The Balaban J connectivity index is 1.70. The largest absolute Gasteiger partial charge is 0.504 e. The summed E-state index contributed by atoms with van der Waals surface area (Å²) in [5.41, 5.74) is 5.35. The van der Waals surface area contributed by atoms with Crippen LogP contribution in [0.4, 0.5) is 14.5 Å². The minimum Gasteiger partial charge on any atom is -0.504 e. The van der Waals surface area contributed by atoms with Crippen LogP contribution in [-0.2, 0) is 4.79 Å². The van der Waals surface area contributed by atoms with Gasteiger partial charge in [-0.1, -0.05) is 6.07 Å². The van der Waals surface area contributed by atoms with Crippen molar-refractivity contribution in [3.8, 4) is 29.0 Å². The second-order valence-electron chi connectivity index (χ2n) is 9.84. The number of aliphatic carboxylic acids is 1. The number of likely N-dealkylation sites (tertiary alicyclic amines) is 1. The highest BCUT2D eigenvalue weighted by atomic mass is 19.1. The molecule has 4 rings (SSSR count). The summed E-state index contributed by atoms with van der Waals surface area (Å²) < 4.78 is 42.7. The molecule has 0 saturated carbocycles. The summed E-state index contributed by atoms with van der Waals surface area (Å²) in [7, 11) is 3.14. The number of amidine groups is 1. The van der Waals surface area contributed by atoms with Crippen molar-refractivity contribution in [2.45, 2.75) is 18.9 Å². The minimum atomic E-state index is -1.21. The van der Waals surface area contributed by atoms with Crippen LogP contribution in [0.3, 0.4) is 0 Å². The third-order valence-corrected chi connectivity index (χ3v) is 6.49. The average Bonchev–Trinajstić information content (AvgIpc) is 2.94. The molecular weight excluding hydrogens is 554 g/mol. The highest BCUT2D eigenvalue weighted by Crippen LogP contribution is 2.39. The van der Waals surface area contributed by atoms with Crippen molar-refractivity contribution >= 4 is 23.4 Å². The van der Waals surface area contributed by atoms with Crippen LogP contribution in [-0.4, -0.2) is 82.5 Å². The van der Waals surface area contributed by atoms with Crippen molar-refractivity contribution in [2.24, 2.45) is 5.73 Å². The first kappa shape index (κ1) is 30.0. The summed E-state index contributed by atoms with van der Waals surface area (Å²) in [5, 5.41) is 29.8. The number of rotatable bonds is 10. The molecule has 222 valence electrons. The third kappa shape index (κ3) is 7.01. The van der Waals surface area contributed by atoms with E-state index in [2.05, 4.69) is 10.3 Å². The Morgan fingerprint density at radius 1 is 1.10 bits per heavy atom. The number of carbonyl (C=O) groups excluding carboxylic acids is 1. The lowest BCUT2D eigenvalue weighted by Crippen LogP contribution is -2.41. The molecular formula is C28H30F2N6O6. The van der Waals surface area contributed by atoms with Gasteiger partial charge in [0, 0.05) is 44.4 Å². The molecule has 0 aliphatic carbocycles. The smallest absolute Gasteiger partial charge is 0.317 e. The Bertz CT molecular complexity index is 1510. The molecule has 6 N–H and O–H groups in total. The van der Waals surface area contributed by atoms with Crippen molar-refractivity contribution in [1.82, 2.24) is 14.8 Å². The van der Waals surface area contributed by atoms with E-state index >= 15 is 8.78 Å². The topological polar surface area (TPSA) is 174 Å². The van der Waals surface area contributed by atoms with Gasteiger partial charge < -0.3 is 35.6 Å². The molecule has 1 aliphatic rings. The summed E-state index contributed by atoms with van der Waals surface area (Å²) in [4.78, 5) is 30.4. The number of aromatic hydroxyl groups is 1. The van der Waals surface area contributed by atoms with E-state index in [1.807, 2.05) is 0 Å². The first-order valence-corrected chi connectivity index (χ1v) is 12.9. The predicted molar refractivity (Wildman–Crippen MR) is 149 cm³/mol. The first-order chi connectivity index (χ1) is 19.9. The molecule has 42 heavy (non-hydrogen) atoms. The standard InChI is InChI=1S/C28H30F2N6O6/c1-35(2)28(40)16-4-3-5-18(12-16)41-26-22(29)24(33-17-8-10-36(11-9-17)14-21(38)39)23(30)27(34-26)42-20-13-15(25(31)32)6-7-19(20)37/h3-7,12-13,17,37H,8-11,14H2,1-2H3,(H3,31,32)(H,33,34)(H,38,39). The maximum absolute atomic E-state index is 15.8. The molecule has 1 saturated heterocycles. The van der Waals surface area contributed by atoms with Gasteiger partial charge in [0.2, 0.25) is 11.6 Å². The van der Waals surface area contributed by atoms with Gasteiger partial charge in [-0.3, -0.25) is 19.9 Å². The molecule has 0 atom stereocenters.